The molecule has 0 radical (unpaired) electrons. The van der Waals surface area contributed by atoms with Crippen molar-refractivity contribution in [2.24, 2.45) is 5.92 Å². The zero-order chi connectivity index (χ0) is 17.3. The lowest BCUT2D eigenvalue weighted by atomic mass is 10.1. The predicted octanol–water partition coefficient (Wildman–Crippen LogP) is 3.43. The van der Waals surface area contributed by atoms with E-state index in [1.807, 2.05) is 32.0 Å². The molecule has 1 atom stereocenters. The van der Waals surface area contributed by atoms with Crippen molar-refractivity contribution >= 4 is 23.2 Å². The third kappa shape index (κ3) is 3.45. The summed E-state index contributed by atoms with van der Waals surface area (Å²) in [4.78, 5) is 26.2. The van der Waals surface area contributed by atoms with Crippen molar-refractivity contribution in [2.75, 3.05) is 16.8 Å². The first kappa shape index (κ1) is 16.2. The molecule has 0 aromatic heterocycles. The van der Waals surface area contributed by atoms with Crippen molar-refractivity contribution in [1.29, 1.82) is 0 Å². The minimum Gasteiger partial charge on any atom is -0.326 e. The van der Waals surface area contributed by atoms with Gasteiger partial charge >= 0.3 is 0 Å². The first-order valence-corrected chi connectivity index (χ1v) is 7.87. The molecule has 4 nitrogen and oxygen atoms in total. The van der Waals surface area contributed by atoms with E-state index in [2.05, 4.69) is 5.32 Å². The Balaban J connectivity index is 1.70. The first-order valence-electron chi connectivity index (χ1n) is 7.87. The number of nitrogens with zero attached hydrogens (tertiary/aromatic N) is 1. The third-order valence-corrected chi connectivity index (χ3v) is 4.12. The average molecular weight is 326 g/mol. The van der Waals surface area contributed by atoms with Gasteiger partial charge in [-0.1, -0.05) is 6.07 Å². The Morgan fingerprint density at radius 1 is 1.12 bits per heavy atom. The molecule has 1 saturated heterocycles. The fourth-order valence-corrected chi connectivity index (χ4v) is 3.04. The van der Waals surface area contributed by atoms with E-state index in [-0.39, 0.29) is 24.1 Å². The summed E-state index contributed by atoms with van der Waals surface area (Å²) in [6.07, 6.45) is 0.161. The van der Waals surface area contributed by atoms with Crippen LogP contribution in [0.1, 0.15) is 17.5 Å². The van der Waals surface area contributed by atoms with E-state index in [4.69, 9.17) is 0 Å². The van der Waals surface area contributed by atoms with E-state index in [1.54, 1.807) is 12.1 Å². The normalized spacial score (nSPS) is 17.2. The monoisotopic (exact) mass is 326 g/mol. The quantitative estimate of drug-likeness (QED) is 0.939. The number of hydrogen-bond donors (Lipinski definition) is 1. The lowest BCUT2D eigenvalue weighted by Gasteiger charge is -2.16. The van der Waals surface area contributed by atoms with Crippen molar-refractivity contribution < 1.29 is 14.0 Å². The van der Waals surface area contributed by atoms with Gasteiger partial charge in [-0.15, -0.1) is 0 Å². The number of halogens is 1. The summed E-state index contributed by atoms with van der Waals surface area (Å²) in [6.45, 7) is 4.25. The molecule has 2 aromatic carbocycles. The van der Waals surface area contributed by atoms with Crippen molar-refractivity contribution in [3.05, 3.63) is 59.4 Å². The van der Waals surface area contributed by atoms with Gasteiger partial charge in [0.2, 0.25) is 11.8 Å². The maximum absolute atomic E-state index is 13.0. The number of carbonyl (C=O) groups excluding carboxylic acids is 2. The van der Waals surface area contributed by atoms with Crippen molar-refractivity contribution in [1.82, 2.24) is 0 Å². The molecule has 5 heteroatoms. The molecule has 0 unspecified atom stereocenters. The zero-order valence-corrected chi connectivity index (χ0v) is 13.7. The summed E-state index contributed by atoms with van der Waals surface area (Å²) in [5, 5.41) is 2.89. The molecular weight excluding hydrogens is 307 g/mol. The Kier molecular flexibility index (Phi) is 4.34. The first-order chi connectivity index (χ1) is 11.4. The largest absolute Gasteiger partial charge is 0.326 e. The fourth-order valence-electron chi connectivity index (χ4n) is 3.04. The molecular formula is C19H19FN2O2. The van der Waals surface area contributed by atoms with Gasteiger partial charge in [0.25, 0.3) is 0 Å². The molecule has 1 heterocycles. The zero-order valence-electron chi connectivity index (χ0n) is 13.7. The van der Waals surface area contributed by atoms with E-state index in [9.17, 15) is 14.0 Å². The summed E-state index contributed by atoms with van der Waals surface area (Å²) < 4.78 is 13.0. The van der Waals surface area contributed by atoms with Crippen LogP contribution in [0.25, 0.3) is 0 Å². The average Bonchev–Trinajstić information content (AvgIpc) is 2.89. The smallest absolute Gasteiger partial charge is 0.229 e. The van der Waals surface area contributed by atoms with Crippen molar-refractivity contribution in [3.63, 3.8) is 0 Å². The molecule has 2 amide bonds. The van der Waals surface area contributed by atoms with Crippen LogP contribution in [0, 0.1) is 25.6 Å². The number of rotatable bonds is 3. The summed E-state index contributed by atoms with van der Waals surface area (Å²) in [5.74, 6) is -1.06. The highest BCUT2D eigenvalue weighted by molar-refractivity contribution is 6.03. The van der Waals surface area contributed by atoms with Crippen LogP contribution >= 0.6 is 0 Å². The molecule has 0 saturated carbocycles. The summed E-state index contributed by atoms with van der Waals surface area (Å²) in [7, 11) is 0. The molecule has 24 heavy (non-hydrogen) atoms. The van der Waals surface area contributed by atoms with Gasteiger partial charge in [0.05, 0.1) is 5.92 Å². The highest BCUT2D eigenvalue weighted by atomic mass is 19.1. The minimum absolute atomic E-state index is 0.123. The number of carbonyl (C=O) groups is 2. The molecule has 124 valence electrons. The van der Waals surface area contributed by atoms with E-state index in [0.29, 0.717) is 12.2 Å². The van der Waals surface area contributed by atoms with Crippen molar-refractivity contribution in [3.8, 4) is 0 Å². The van der Waals surface area contributed by atoms with Crippen LogP contribution < -0.4 is 10.2 Å². The van der Waals surface area contributed by atoms with Gasteiger partial charge in [-0.3, -0.25) is 9.59 Å². The standard InChI is InChI=1S/C19H19FN2O2/c1-12-7-13(2)9-16(8-12)21-19(24)14-10-18(23)22(11-14)17-5-3-15(20)4-6-17/h3-9,14H,10-11H2,1-2H3,(H,21,24)/t14-/m1/s1. The Labute approximate surface area is 140 Å². The molecule has 1 aliphatic rings. The van der Waals surface area contributed by atoms with Crippen LogP contribution in [0.3, 0.4) is 0 Å². The second kappa shape index (κ2) is 6.43. The summed E-state index contributed by atoms with van der Waals surface area (Å²) >= 11 is 0. The molecule has 0 spiro atoms. The topological polar surface area (TPSA) is 49.4 Å². The second-order valence-electron chi connectivity index (χ2n) is 6.25. The van der Waals surface area contributed by atoms with E-state index < -0.39 is 5.92 Å². The van der Waals surface area contributed by atoms with Crippen LogP contribution in [0.4, 0.5) is 15.8 Å². The summed E-state index contributed by atoms with van der Waals surface area (Å²) in [6, 6.07) is 11.6. The predicted molar refractivity (Wildman–Crippen MR) is 91.4 cm³/mol. The Bertz CT molecular complexity index is 766. The lowest BCUT2D eigenvalue weighted by molar-refractivity contribution is -0.122. The molecule has 1 N–H and O–H groups in total. The van der Waals surface area contributed by atoms with Gasteiger partial charge in [-0.05, 0) is 61.4 Å². The van der Waals surface area contributed by atoms with Crippen LogP contribution in [0.15, 0.2) is 42.5 Å². The number of anilines is 2. The molecule has 3 rings (SSSR count). The SMILES string of the molecule is Cc1cc(C)cc(NC(=O)[C@@H]2CC(=O)N(c3ccc(F)cc3)C2)c1. The molecule has 2 aromatic rings. The molecule has 1 aliphatic heterocycles. The number of amides is 2. The maximum Gasteiger partial charge on any atom is 0.229 e. The van der Waals surface area contributed by atoms with Gasteiger partial charge in [-0.25, -0.2) is 4.39 Å². The van der Waals surface area contributed by atoms with Crippen LogP contribution in [-0.2, 0) is 9.59 Å². The minimum atomic E-state index is -0.414. The highest BCUT2D eigenvalue weighted by Gasteiger charge is 2.35. The van der Waals surface area contributed by atoms with E-state index in [0.717, 1.165) is 16.8 Å². The Morgan fingerprint density at radius 2 is 1.75 bits per heavy atom. The van der Waals surface area contributed by atoms with Crippen LogP contribution in [0.2, 0.25) is 0 Å². The van der Waals surface area contributed by atoms with Crippen LogP contribution in [0.5, 0.6) is 0 Å². The van der Waals surface area contributed by atoms with Gasteiger partial charge in [0, 0.05) is 24.3 Å². The van der Waals surface area contributed by atoms with Crippen molar-refractivity contribution in [2.45, 2.75) is 20.3 Å². The van der Waals surface area contributed by atoms with Crippen LogP contribution in [-0.4, -0.2) is 18.4 Å². The van der Waals surface area contributed by atoms with Gasteiger partial charge in [0.15, 0.2) is 0 Å². The summed E-state index contributed by atoms with van der Waals surface area (Å²) in [5.41, 5.74) is 3.50. The number of benzene rings is 2. The number of hydrogen-bond acceptors (Lipinski definition) is 2. The highest BCUT2D eigenvalue weighted by Crippen LogP contribution is 2.26. The van der Waals surface area contributed by atoms with Gasteiger partial charge in [0.1, 0.15) is 5.82 Å². The lowest BCUT2D eigenvalue weighted by Crippen LogP contribution is -2.28. The van der Waals surface area contributed by atoms with E-state index in [1.165, 1.54) is 17.0 Å². The third-order valence-electron chi connectivity index (χ3n) is 4.12. The number of aryl methyl sites for hydroxylation is 2. The van der Waals surface area contributed by atoms with Gasteiger partial charge < -0.3 is 10.2 Å². The van der Waals surface area contributed by atoms with Gasteiger partial charge in [-0.2, -0.15) is 0 Å². The Morgan fingerprint density at radius 3 is 2.38 bits per heavy atom. The fraction of sp³-hybridized carbons (Fsp3) is 0.263. The number of nitrogens with one attached hydrogen (secondary N) is 1. The molecule has 0 bridgehead atoms. The maximum atomic E-state index is 13.0. The Hall–Kier alpha value is -2.69. The second-order valence-corrected chi connectivity index (χ2v) is 6.25. The molecule has 0 aliphatic carbocycles. The van der Waals surface area contributed by atoms with E-state index >= 15 is 0 Å². The molecule has 1 fully saturated rings.